The Morgan fingerprint density at radius 1 is 1.23 bits per heavy atom. The van der Waals surface area contributed by atoms with Crippen LogP contribution in [0.2, 0.25) is 0 Å². The minimum absolute atomic E-state index is 0.0575. The van der Waals surface area contributed by atoms with Crippen LogP contribution in [0.3, 0.4) is 0 Å². The van der Waals surface area contributed by atoms with Crippen molar-refractivity contribution in [2.24, 2.45) is 0 Å². The third-order valence-corrected chi connectivity index (χ3v) is 3.48. The lowest BCUT2D eigenvalue weighted by Crippen LogP contribution is -2.42. The van der Waals surface area contributed by atoms with E-state index in [-0.39, 0.29) is 18.7 Å². The lowest BCUT2D eigenvalue weighted by molar-refractivity contribution is 0.0132. The maximum Gasteiger partial charge on any atom is 0.0991 e. The van der Waals surface area contributed by atoms with E-state index in [9.17, 15) is 10.2 Å². The highest BCUT2D eigenvalue weighted by atomic mass is 16.3. The molecule has 0 saturated carbocycles. The van der Waals surface area contributed by atoms with E-state index in [0.717, 1.165) is 12.8 Å². The molecule has 0 aromatic heterocycles. The highest BCUT2D eigenvalue weighted by Gasteiger charge is 2.51. The van der Waals surface area contributed by atoms with E-state index in [1.807, 2.05) is 0 Å². The summed E-state index contributed by atoms with van der Waals surface area (Å²) in [5.41, 5.74) is 0. The Hall–Kier alpha value is -0.160. The molecule has 5 atom stereocenters. The van der Waals surface area contributed by atoms with E-state index < -0.39 is 12.2 Å². The Morgan fingerprint density at radius 2 is 1.92 bits per heavy atom. The molecular formula is C9H17NO3. The molecule has 13 heavy (non-hydrogen) atoms. The molecule has 2 aliphatic heterocycles. The highest BCUT2D eigenvalue weighted by Crippen LogP contribution is 2.36. The Bertz CT molecular complexity index is 197. The first-order valence-corrected chi connectivity index (χ1v) is 4.91. The van der Waals surface area contributed by atoms with Crippen molar-refractivity contribution in [3.63, 3.8) is 0 Å². The van der Waals surface area contributed by atoms with Crippen molar-refractivity contribution in [2.75, 3.05) is 6.61 Å². The second kappa shape index (κ2) is 3.20. The van der Waals surface area contributed by atoms with Gasteiger partial charge in [-0.25, -0.2) is 0 Å². The maximum atomic E-state index is 9.68. The van der Waals surface area contributed by atoms with Gasteiger partial charge in [0.1, 0.15) is 0 Å². The predicted molar refractivity (Wildman–Crippen MR) is 47.2 cm³/mol. The molecule has 2 saturated heterocycles. The van der Waals surface area contributed by atoms with Crippen molar-refractivity contribution >= 4 is 0 Å². The van der Waals surface area contributed by atoms with Crippen molar-refractivity contribution < 1.29 is 15.3 Å². The van der Waals surface area contributed by atoms with Gasteiger partial charge in [0.25, 0.3) is 0 Å². The number of aliphatic hydroxyl groups is 3. The zero-order valence-electron chi connectivity index (χ0n) is 7.80. The molecule has 2 heterocycles. The van der Waals surface area contributed by atoms with Crippen LogP contribution in [0.1, 0.15) is 19.8 Å². The SMILES string of the molecule is C[C@@H]1CC[C@@H]2[C@@H](O)[C@@H](O)[C@H](CO)N12. The Kier molecular flexibility index (Phi) is 2.32. The summed E-state index contributed by atoms with van der Waals surface area (Å²) in [6.45, 7) is 2.01. The van der Waals surface area contributed by atoms with Crippen molar-refractivity contribution in [1.82, 2.24) is 4.90 Å². The molecule has 2 fully saturated rings. The average molecular weight is 187 g/mol. The summed E-state index contributed by atoms with van der Waals surface area (Å²) in [5.74, 6) is 0. The largest absolute Gasteiger partial charge is 0.395 e. The van der Waals surface area contributed by atoms with Crippen LogP contribution in [-0.4, -0.2) is 57.2 Å². The van der Waals surface area contributed by atoms with Gasteiger partial charge in [0.15, 0.2) is 0 Å². The quantitative estimate of drug-likeness (QED) is 0.489. The summed E-state index contributed by atoms with van der Waals surface area (Å²) in [6, 6.07) is 0.161. The molecule has 0 amide bonds. The molecule has 0 aliphatic carbocycles. The van der Waals surface area contributed by atoms with Gasteiger partial charge in [-0.05, 0) is 19.8 Å². The monoisotopic (exact) mass is 187 g/mol. The fourth-order valence-electron chi connectivity index (χ4n) is 2.79. The van der Waals surface area contributed by atoms with Crippen molar-refractivity contribution in [3.05, 3.63) is 0 Å². The third-order valence-electron chi connectivity index (χ3n) is 3.48. The molecule has 3 N–H and O–H groups in total. The van der Waals surface area contributed by atoms with Gasteiger partial charge in [0.05, 0.1) is 24.9 Å². The van der Waals surface area contributed by atoms with Crippen LogP contribution >= 0.6 is 0 Å². The summed E-state index contributed by atoms with van der Waals surface area (Å²) < 4.78 is 0. The highest BCUT2D eigenvalue weighted by molar-refractivity contribution is 5.05. The first kappa shape index (κ1) is 9.40. The van der Waals surface area contributed by atoms with Crippen LogP contribution in [0.15, 0.2) is 0 Å². The summed E-state index contributed by atoms with van der Waals surface area (Å²) in [6.07, 6.45) is 0.515. The second-order valence-corrected chi connectivity index (χ2v) is 4.17. The molecule has 4 nitrogen and oxygen atoms in total. The molecule has 0 radical (unpaired) electrons. The van der Waals surface area contributed by atoms with Crippen LogP contribution in [0.25, 0.3) is 0 Å². The van der Waals surface area contributed by atoms with Crippen LogP contribution in [0.5, 0.6) is 0 Å². The van der Waals surface area contributed by atoms with Gasteiger partial charge >= 0.3 is 0 Å². The van der Waals surface area contributed by atoms with Crippen LogP contribution in [0.4, 0.5) is 0 Å². The molecule has 0 spiro atoms. The lowest BCUT2D eigenvalue weighted by atomic mass is 10.0. The smallest absolute Gasteiger partial charge is 0.0991 e. The van der Waals surface area contributed by atoms with Crippen LogP contribution in [-0.2, 0) is 0 Å². The standard InChI is InChI=1S/C9H17NO3/c1-5-2-3-6-8(12)9(13)7(4-11)10(5)6/h5-9,11-13H,2-4H2,1H3/t5-,6-,7+,8-,9+/m1/s1. The van der Waals surface area contributed by atoms with E-state index in [4.69, 9.17) is 5.11 Å². The molecule has 2 rings (SSSR count). The maximum absolute atomic E-state index is 9.68. The topological polar surface area (TPSA) is 63.9 Å². The molecule has 2 aliphatic rings. The van der Waals surface area contributed by atoms with Gasteiger partial charge in [-0.15, -0.1) is 0 Å². The van der Waals surface area contributed by atoms with Gasteiger partial charge in [0, 0.05) is 12.1 Å². The summed E-state index contributed by atoms with van der Waals surface area (Å²) in [4.78, 5) is 2.06. The average Bonchev–Trinajstić information content (AvgIpc) is 2.58. The number of rotatable bonds is 1. The fourth-order valence-corrected chi connectivity index (χ4v) is 2.79. The molecule has 4 heteroatoms. The number of hydrogen-bond donors (Lipinski definition) is 3. The third kappa shape index (κ3) is 1.21. The van der Waals surface area contributed by atoms with E-state index in [1.165, 1.54) is 0 Å². The van der Waals surface area contributed by atoms with Crippen LogP contribution in [0, 0.1) is 0 Å². The minimum atomic E-state index is -0.780. The first-order valence-electron chi connectivity index (χ1n) is 4.91. The first-order chi connectivity index (χ1) is 6.16. The Labute approximate surface area is 77.8 Å². The van der Waals surface area contributed by atoms with Crippen molar-refractivity contribution in [1.29, 1.82) is 0 Å². The Balaban J connectivity index is 2.20. The van der Waals surface area contributed by atoms with E-state index in [2.05, 4.69) is 11.8 Å². The van der Waals surface area contributed by atoms with Crippen molar-refractivity contribution in [3.8, 4) is 0 Å². The molecule has 0 aromatic carbocycles. The Morgan fingerprint density at radius 3 is 2.54 bits per heavy atom. The zero-order valence-corrected chi connectivity index (χ0v) is 7.80. The number of fused-ring (bicyclic) bond motifs is 1. The molecule has 0 bridgehead atoms. The summed E-state index contributed by atoms with van der Waals surface area (Å²) >= 11 is 0. The van der Waals surface area contributed by atoms with E-state index >= 15 is 0 Å². The number of aliphatic hydroxyl groups excluding tert-OH is 3. The number of nitrogens with zero attached hydrogens (tertiary/aromatic N) is 1. The van der Waals surface area contributed by atoms with Gasteiger partial charge < -0.3 is 15.3 Å². The van der Waals surface area contributed by atoms with Gasteiger partial charge in [0.2, 0.25) is 0 Å². The second-order valence-electron chi connectivity index (χ2n) is 4.17. The normalized spacial score (nSPS) is 51.2. The van der Waals surface area contributed by atoms with Crippen molar-refractivity contribution in [2.45, 2.75) is 50.1 Å². The molecule has 0 aromatic rings. The lowest BCUT2D eigenvalue weighted by Gasteiger charge is -2.27. The van der Waals surface area contributed by atoms with Gasteiger partial charge in [-0.2, -0.15) is 0 Å². The van der Waals surface area contributed by atoms with E-state index in [0.29, 0.717) is 6.04 Å². The zero-order chi connectivity index (χ0) is 9.59. The van der Waals surface area contributed by atoms with Crippen LogP contribution < -0.4 is 0 Å². The minimum Gasteiger partial charge on any atom is -0.395 e. The summed E-state index contributed by atoms with van der Waals surface area (Å²) in [7, 11) is 0. The molecule has 0 unspecified atom stereocenters. The van der Waals surface area contributed by atoms with E-state index in [1.54, 1.807) is 0 Å². The fraction of sp³-hybridized carbons (Fsp3) is 1.00. The predicted octanol–water partition coefficient (Wildman–Crippen LogP) is -1.06. The van der Waals surface area contributed by atoms with Gasteiger partial charge in [-0.1, -0.05) is 0 Å². The molecule has 76 valence electrons. The summed E-state index contributed by atoms with van der Waals surface area (Å²) in [5, 5.41) is 28.4. The number of hydrogen-bond acceptors (Lipinski definition) is 4. The van der Waals surface area contributed by atoms with Gasteiger partial charge in [-0.3, -0.25) is 4.90 Å². The molecular weight excluding hydrogens is 170 g/mol.